The summed E-state index contributed by atoms with van der Waals surface area (Å²) in [6.45, 7) is -0.228. The Morgan fingerprint density at radius 1 is 1.21 bits per heavy atom. The monoisotopic (exact) mass is 327 g/mol. The summed E-state index contributed by atoms with van der Waals surface area (Å²) in [6.07, 6.45) is 1.32. The number of rotatable bonds is 6. The van der Waals surface area contributed by atoms with E-state index in [0.717, 1.165) is 0 Å². The van der Waals surface area contributed by atoms with Crippen LogP contribution in [0.25, 0.3) is 0 Å². The molecule has 0 atom stereocenters. The molecule has 0 saturated heterocycles. The van der Waals surface area contributed by atoms with Crippen molar-refractivity contribution in [3.8, 4) is 11.5 Å². The smallest absolute Gasteiger partial charge is 0.259 e. The van der Waals surface area contributed by atoms with Crippen molar-refractivity contribution < 1.29 is 19.4 Å². The number of hydrogen-bond acceptors (Lipinski definition) is 5. The topological polar surface area (TPSA) is 100 Å². The third-order valence-corrected chi connectivity index (χ3v) is 3.07. The second-order valence-electron chi connectivity index (χ2n) is 4.77. The lowest BCUT2D eigenvalue weighted by molar-refractivity contribution is -0.120. The fourth-order valence-electron chi connectivity index (χ4n) is 1.84. The SMILES string of the molecule is COc1cccc(C(=O)NCC(=O)NN=Cc2ccccc2O)c1. The van der Waals surface area contributed by atoms with Gasteiger partial charge in [-0.1, -0.05) is 18.2 Å². The lowest BCUT2D eigenvalue weighted by Crippen LogP contribution is -2.34. The van der Waals surface area contributed by atoms with Gasteiger partial charge in [0.2, 0.25) is 0 Å². The second-order valence-corrected chi connectivity index (χ2v) is 4.77. The number of phenols is 1. The van der Waals surface area contributed by atoms with Gasteiger partial charge in [0.25, 0.3) is 11.8 Å². The van der Waals surface area contributed by atoms with E-state index in [0.29, 0.717) is 16.9 Å². The lowest BCUT2D eigenvalue weighted by Gasteiger charge is -2.06. The molecule has 24 heavy (non-hydrogen) atoms. The average molecular weight is 327 g/mol. The van der Waals surface area contributed by atoms with Crippen molar-refractivity contribution in [3.63, 3.8) is 0 Å². The van der Waals surface area contributed by atoms with Crippen LogP contribution in [0.2, 0.25) is 0 Å². The predicted octanol–water partition coefficient (Wildman–Crippen LogP) is 1.28. The van der Waals surface area contributed by atoms with E-state index in [1.165, 1.54) is 19.4 Å². The minimum atomic E-state index is -0.488. The summed E-state index contributed by atoms with van der Waals surface area (Å²) in [6, 6.07) is 13.2. The average Bonchev–Trinajstić information content (AvgIpc) is 2.61. The zero-order valence-corrected chi connectivity index (χ0v) is 13.0. The summed E-state index contributed by atoms with van der Waals surface area (Å²) in [5.74, 6) is -0.271. The highest BCUT2D eigenvalue weighted by Gasteiger charge is 2.08. The molecule has 0 aliphatic heterocycles. The minimum Gasteiger partial charge on any atom is -0.507 e. The van der Waals surface area contributed by atoms with Gasteiger partial charge < -0.3 is 15.2 Å². The summed E-state index contributed by atoms with van der Waals surface area (Å²) in [5, 5.41) is 15.8. The Kier molecular flexibility index (Phi) is 5.90. The van der Waals surface area contributed by atoms with Crippen LogP contribution in [0.1, 0.15) is 15.9 Å². The van der Waals surface area contributed by atoms with Crippen molar-refractivity contribution in [2.24, 2.45) is 5.10 Å². The summed E-state index contributed by atoms with van der Waals surface area (Å²) in [5.41, 5.74) is 3.13. The molecule has 0 saturated carbocycles. The van der Waals surface area contributed by atoms with Gasteiger partial charge >= 0.3 is 0 Å². The minimum absolute atomic E-state index is 0.0572. The van der Waals surface area contributed by atoms with E-state index in [-0.39, 0.29) is 12.3 Å². The van der Waals surface area contributed by atoms with Gasteiger partial charge in [0, 0.05) is 11.1 Å². The molecule has 2 aromatic carbocycles. The Labute approximate surface area is 139 Å². The number of hydrazone groups is 1. The maximum absolute atomic E-state index is 11.9. The number of carbonyl (C=O) groups is 2. The first-order chi connectivity index (χ1) is 11.6. The van der Waals surface area contributed by atoms with Crippen LogP contribution in [-0.4, -0.2) is 36.8 Å². The molecule has 0 fully saturated rings. The van der Waals surface area contributed by atoms with Crippen molar-refractivity contribution in [1.82, 2.24) is 10.7 Å². The van der Waals surface area contributed by atoms with Gasteiger partial charge in [-0.2, -0.15) is 5.10 Å². The molecule has 2 amide bonds. The molecule has 7 nitrogen and oxygen atoms in total. The molecule has 0 aromatic heterocycles. The first-order valence-corrected chi connectivity index (χ1v) is 7.12. The largest absolute Gasteiger partial charge is 0.507 e. The van der Waals surface area contributed by atoms with Crippen LogP contribution in [-0.2, 0) is 4.79 Å². The highest BCUT2D eigenvalue weighted by atomic mass is 16.5. The standard InChI is InChI=1S/C17H17N3O4/c1-24-14-7-4-6-12(9-14)17(23)18-11-16(22)20-19-10-13-5-2-3-8-15(13)21/h2-10,21H,11H2,1H3,(H,18,23)(H,20,22). The van der Waals surface area contributed by atoms with Gasteiger partial charge in [-0.25, -0.2) is 5.43 Å². The number of para-hydroxylation sites is 1. The molecule has 0 heterocycles. The van der Waals surface area contributed by atoms with E-state index in [1.807, 2.05) is 0 Å². The normalized spacial score (nSPS) is 10.4. The second kappa shape index (κ2) is 8.33. The molecule has 124 valence electrons. The van der Waals surface area contributed by atoms with Crippen molar-refractivity contribution in [3.05, 3.63) is 59.7 Å². The number of nitrogens with one attached hydrogen (secondary N) is 2. The third-order valence-electron chi connectivity index (χ3n) is 3.07. The Bertz CT molecular complexity index is 759. The molecular weight excluding hydrogens is 310 g/mol. The van der Waals surface area contributed by atoms with E-state index in [1.54, 1.807) is 42.5 Å². The van der Waals surface area contributed by atoms with Crippen LogP contribution < -0.4 is 15.5 Å². The Morgan fingerprint density at radius 3 is 2.75 bits per heavy atom. The number of nitrogens with zero attached hydrogens (tertiary/aromatic N) is 1. The van der Waals surface area contributed by atoms with Crippen LogP contribution in [0.5, 0.6) is 11.5 Å². The van der Waals surface area contributed by atoms with Crippen LogP contribution in [0.15, 0.2) is 53.6 Å². The molecule has 3 N–H and O–H groups in total. The highest BCUT2D eigenvalue weighted by Crippen LogP contribution is 2.13. The summed E-state index contributed by atoms with van der Waals surface area (Å²) >= 11 is 0. The van der Waals surface area contributed by atoms with Crippen LogP contribution in [0.4, 0.5) is 0 Å². The molecular formula is C17H17N3O4. The van der Waals surface area contributed by atoms with Gasteiger partial charge in [-0.3, -0.25) is 9.59 Å². The lowest BCUT2D eigenvalue weighted by atomic mass is 10.2. The quantitative estimate of drug-likeness (QED) is 0.549. The maximum atomic E-state index is 11.9. The predicted molar refractivity (Wildman–Crippen MR) is 89.2 cm³/mol. The Morgan fingerprint density at radius 2 is 2.00 bits per heavy atom. The number of methoxy groups -OCH3 is 1. The molecule has 7 heteroatoms. The Balaban J connectivity index is 1.82. The number of amides is 2. The van der Waals surface area contributed by atoms with Crippen LogP contribution in [0, 0.1) is 0 Å². The molecule has 0 unspecified atom stereocenters. The highest BCUT2D eigenvalue weighted by molar-refractivity contribution is 5.96. The molecule has 2 aromatic rings. The molecule has 0 radical (unpaired) electrons. The number of hydrogen-bond donors (Lipinski definition) is 3. The molecule has 0 bridgehead atoms. The van der Waals surface area contributed by atoms with E-state index in [4.69, 9.17) is 4.74 Å². The first kappa shape index (κ1) is 17.0. The van der Waals surface area contributed by atoms with Crippen molar-refractivity contribution >= 4 is 18.0 Å². The first-order valence-electron chi connectivity index (χ1n) is 7.12. The number of benzene rings is 2. The fourth-order valence-corrected chi connectivity index (χ4v) is 1.84. The summed E-state index contributed by atoms with van der Waals surface area (Å²) < 4.78 is 5.04. The van der Waals surface area contributed by atoms with Gasteiger partial charge in [0.1, 0.15) is 11.5 Å². The molecule has 2 rings (SSSR count). The van der Waals surface area contributed by atoms with Crippen molar-refractivity contribution in [2.45, 2.75) is 0 Å². The van der Waals surface area contributed by atoms with E-state index >= 15 is 0 Å². The number of carbonyl (C=O) groups excluding carboxylic acids is 2. The zero-order chi connectivity index (χ0) is 17.4. The van der Waals surface area contributed by atoms with Gasteiger partial charge in [-0.05, 0) is 30.3 Å². The zero-order valence-electron chi connectivity index (χ0n) is 13.0. The number of aromatic hydroxyl groups is 1. The molecule has 0 aliphatic carbocycles. The molecule has 0 aliphatic rings. The summed E-state index contributed by atoms with van der Waals surface area (Å²) in [4.78, 5) is 23.6. The third kappa shape index (κ3) is 4.84. The van der Waals surface area contributed by atoms with Crippen molar-refractivity contribution in [2.75, 3.05) is 13.7 Å². The van der Waals surface area contributed by atoms with Crippen LogP contribution in [0.3, 0.4) is 0 Å². The molecule has 0 spiro atoms. The van der Waals surface area contributed by atoms with Crippen molar-refractivity contribution in [1.29, 1.82) is 0 Å². The van der Waals surface area contributed by atoms with E-state index in [2.05, 4.69) is 15.8 Å². The van der Waals surface area contributed by atoms with E-state index in [9.17, 15) is 14.7 Å². The number of ether oxygens (including phenoxy) is 1. The van der Waals surface area contributed by atoms with Crippen LogP contribution >= 0.6 is 0 Å². The Hall–Kier alpha value is -3.35. The van der Waals surface area contributed by atoms with Gasteiger partial charge in [0.05, 0.1) is 19.9 Å². The van der Waals surface area contributed by atoms with E-state index < -0.39 is 11.8 Å². The number of phenolic OH excluding ortho intramolecular Hbond substituents is 1. The van der Waals surface area contributed by atoms with Gasteiger partial charge in [-0.15, -0.1) is 0 Å². The maximum Gasteiger partial charge on any atom is 0.259 e. The summed E-state index contributed by atoms with van der Waals surface area (Å²) in [7, 11) is 1.51. The van der Waals surface area contributed by atoms with Gasteiger partial charge in [0.15, 0.2) is 0 Å². The fraction of sp³-hybridized carbons (Fsp3) is 0.118.